The molecule has 100 valence electrons. The van der Waals surface area contributed by atoms with Gasteiger partial charge in [-0.15, -0.1) is 12.4 Å². The third kappa shape index (κ3) is 3.66. The van der Waals surface area contributed by atoms with Crippen molar-refractivity contribution in [2.24, 2.45) is 0 Å². The molecular formula is C16H18ClNO. The van der Waals surface area contributed by atoms with E-state index in [0.29, 0.717) is 0 Å². The van der Waals surface area contributed by atoms with Gasteiger partial charge in [-0.3, -0.25) is 4.79 Å². The summed E-state index contributed by atoms with van der Waals surface area (Å²) in [6.07, 6.45) is 0.918. The first-order chi connectivity index (χ1) is 8.72. The van der Waals surface area contributed by atoms with Crippen LogP contribution in [0.5, 0.6) is 0 Å². The average Bonchev–Trinajstić information content (AvgIpc) is 2.39. The van der Waals surface area contributed by atoms with E-state index in [4.69, 9.17) is 0 Å². The van der Waals surface area contributed by atoms with Crippen molar-refractivity contribution in [1.82, 2.24) is 4.90 Å². The van der Waals surface area contributed by atoms with E-state index in [1.54, 1.807) is 0 Å². The van der Waals surface area contributed by atoms with Crippen molar-refractivity contribution in [3.63, 3.8) is 0 Å². The molecule has 0 aromatic heterocycles. The van der Waals surface area contributed by atoms with E-state index in [2.05, 4.69) is 17.0 Å². The third-order valence-electron chi connectivity index (χ3n) is 2.88. The van der Waals surface area contributed by atoms with Crippen molar-refractivity contribution in [2.45, 2.75) is 6.54 Å². The minimum atomic E-state index is 0. The van der Waals surface area contributed by atoms with Crippen LogP contribution in [0.3, 0.4) is 0 Å². The van der Waals surface area contributed by atoms with E-state index in [-0.39, 0.29) is 12.4 Å². The molecule has 0 unspecified atom stereocenters. The molecule has 0 saturated heterocycles. The summed E-state index contributed by atoms with van der Waals surface area (Å²) in [7, 11) is 4.09. The molecular weight excluding hydrogens is 258 g/mol. The van der Waals surface area contributed by atoms with Crippen LogP contribution in [0.2, 0.25) is 0 Å². The molecule has 2 rings (SSSR count). The lowest BCUT2D eigenvalue weighted by Gasteiger charge is -2.15. The highest BCUT2D eigenvalue weighted by Gasteiger charge is 2.08. The minimum Gasteiger partial charge on any atom is -0.305 e. The molecule has 0 N–H and O–H groups in total. The Labute approximate surface area is 120 Å². The van der Waals surface area contributed by atoms with Crippen molar-refractivity contribution in [1.29, 1.82) is 0 Å². The number of halogens is 1. The standard InChI is InChI=1S/C16H17NO.ClH/c1-17(2)11-13-7-3-5-9-15(13)16-10-6-4-8-14(16)12-18;/h3-10,12H,11H2,1-2H3;1H. The Bertz CT molecular complexity index is 552. The second-order valence-electron chi connectivity index (χ2n) is 4.60. The fraction of sp³-hybridized carbons (Fsp3) is 0.188. The number of hydrogen-bond donors (Lipinski definition) is 0. The molecule has 0 spiro atoms. The van der Waals surface area contributed by atoms with Gasteiger partial charge in [0, 0.05) is 12.1 Å². The topological polar surface area (TPSA) is 20.3 Å². The lowest BCUT2D eigenvalue weighted by atomic mass is 9.96. The van der Waals surface area contributed by atoms with E-state index in [1.807, 2.05) is 50.5 Å². The molecule has 2 nitrogen and oxygen atoms in total. The zero-order valence-electron chi connectivity index (χ0n) is 11.2. The lowest BCUT2D eigenvalue weighted by Crippen LogP contribution is -2.11. The van der Waals surface area contributed by atoms with Gasteiger partial charge in [-0.25, -0.2) is 0 Å². The maximum Gasteiger partial charge on any atom is 0.150 e. The van der Waals surface area contributed by atoms with Crippen molar-refractivity contribution in [2.75, 3.05) is 14.1 Å². The van der Waals surface area contributed by atoms with Crippen LogP contribution < -0.4 is 0 Å². The maximum absolute atomic E-state index is 11.1. The molecule has 0 fully saturated rings. The van der Waals surface area contributed by atoms with Gasteiger partial charge in [-0.05, 0) is 30.8 Å². The fourth-order valence-electron chi connectivity index (χ4n) is 2.11. The van der Waals surface area contributed by atoms with Crippen LogP contribution in [-0.2, 0) is 6.54 Å². The second kappa shape index (κ2) is 7.07. The second-order valence-corrected chi connectivity index (χ2v) is 4.60. The summed E-state index contributed by atoms with van der Waals surface area (Å²) in [5.41, 5.74) is 4.11. The average molecular weight is 276 g/mol. The molecule has 0 saturated carbocycles. The Hall–Kier alpha value is -1.64. The van der Waals surface area contributed by atoms with E-state index >= 15 is 0 Å². The van der Waals surface area contributed by atoms with Gasteiger partial charge in [0.2, 0.25) is 0 Å². The van der Waals surface area contributed by atoms with Gasteiger partial charge < -0.3 is 4.90 Å². The predicted molar refractivity (Wildman–Crippen MR) is 81.9 cm³/mol. The summed E-state index contributed by atoms with van der Waals surface area (Å²) in [4.78, 5) is 13.3. The summed E-state index contributed by atoms with van der Waals surface area (Å²) in [5.74, 6) is 0. The van der Waals surface area contributed by atoms with Crippen molar-refractivity contribution >= 4 is 18.7 Å². The van der Waals surface area contributed by atoms with Crippen LogP contribution in [-0.4, -0.2) is 25.3 Å². The molecule has 0 heterocycles. The minimum absolute atomic E-state index is 0. The monoisotopic (exact) mass is 275 g/mol. The van der Waals surface area contributed by atoms with E-state index in [9.17, 15) is 4.79 Å². The van der Waals surface area contributed by atoms with Gasteiger partial charge >= 0.3 is 0 Å². The lowest BCUT2D eigenvalue weighted by molar-refractivity contribution is 0.112. The van der Waals surface area contributed by atoms with Crippen molar-refractivity contribution in [3.05, 3.63) is 59.7 Å². The van der Waals surface area contributed by atoms with Crippen LogP contribution in [0.15, 0.2) is 48.5 Å². The fourth-order valence-corrected chi connectivity index (χ4v) is 2.11. The third-order valence-corrected chi connectivity index (χ3v) is 2.88. The number of aldehydes is 1. The predicted octanol–water partition coefficient (Wildman–Crippen LogP) is 3.65. The Morgan fingerprint density at radius 1 is 0.947 bits per heavy atom. The van der Waals surface area contributed by atoms with Crippen molar-refractivity contribution in [3.8, 4) is 11.1 Å². The Balaban J connectivity index is 0.00000180. The quantitative estimate of drug-likeness (QED) is 0.794. The first-order valence-corrected chi connectivity index (χ1v) is 5.99. The Morgan fingerprint density at radius 2 is 1.53 bits per heavy atom. The number of carbonyl (C=O) groups excluding carboxylic acids is 1. The molecule has 0 radical (unpaired) electrons. The smallest absolute Gasteiger partial charge is 0.150 e. The van der Waals surface area contributed by atoms with Crippen LogP contribution in [0, 0.1) is 0 Å². The summed E-state index contributed by atoms with van der Waals surface area (Å²) in [5, 5.41) is 0. The van der Waals surface area contributed by atoms with Gasteiger partial charge in [-0.2, -0.15) is 0 Å². The number of benzene rings is 2. The number of hydrogen-bond acceptors (Lipinski definition) is 2. The van der Waals surface area contributed by atoms with E-state index < -0.39 is 0 Å². The maximum atomic E-state index is 11.1. The van der Waals surface area contributed by atoms with E-state index in [1.165, 1.54) is 5.56 Å². The molecule has 0 aliphatic rings. The number of nitrogens with zero attached hydrogens (tertiary/aromatic N) is 1. The molecule has 19 heavy (non-hydrogen) atoms. The summed E-state index contributed by atoms with van der Waals surface area (Å²) >= 11 is 0. The normalized spacial score (nSPS) is 10.1. The van der Waals surface area contributed by atoms with Crippen molar-refractivity contribution < 1.29 is 4.79 Å². The Morgan fingerprint density at radius 3 is 2.16 bits per heavy atom. The molecule has 0 amide bonds. The highest BCUT2D eigenvalue weighted by molar-refractivity contribution is 5.88. The van der Waals surface area contributed by atoms with E-state index in [0.717, 1.165) is 29.5 Å². The Kier molecular flexibility index (Phi) is 5.74. The van der Waals surface area contributed by atoms with Gasteiger partial charge in [0.1, 0.15) is 0 Å². The molecule has 0 atom stereocenters. The first kappa shape index (κ1) is 15.4. The molecule has 3 heteroatoms. The van der Waals surface area contributed by atoms with Crippen LogP contribution in [0.1, 0.15) is 15.9 Å². The summed E-state index contributed by atoms with van der Waals surface area (Å²) in [6.45, 7) is 0.864. The highest BCUT2D eigenvalue weighted by Crippen LogP contribution is 2.26. The summed E-state index contributed by atoms with van der Waals surface area (Å²) < 4.78 is 0. The van der Waals surface area contributed by atoms with Crippen LogP contribution >= 0.6 is 12.4 Å². The number of rotatable bonds is 4. The zero-order chi connectivity index (χ0) is 13.0. The summed E-state index contributed by atoms with van der Waals surface area (Å²) in [6, 6.07) is 15.9. The highest BCUT2D eigenvalue weighted by atomic mass is 35.5. The van der Waals surface area contributed by atoms with Crippen LogP contribution in [0.4, 0.5) is 0 Å². The largest absolute Gasteiger partial charge is 0.305 e. The molecule has 0 aliphatic carbocycles. The molecule has 0 bridgehead atoms. The molecule has 2 aromatic rings. The van der Waals surface area contributed by atoms with Gasteiger partial charge in [0.05, 0.1) is 0 Å². The zero-order valence-corrected chi connectivity index (χ0v) is 12.0. The van der Waals surface area contributed by atoms with Gasteiger partial charge in [-0.1, -0.05) is 48.5 Å². The van der Waals surface area contributed by atoms with Crippen LogP contribution in [0.25, 0.3) is 11.1 Å². The van der Waals surface area contributed by atoms with Gasteiger partial charge in [0.15, 0.2) is 6.29 Å². The van der Waals surface area contributed by atoms with Gasteiger partial charge in [0.25, 0.3) is 0 Å². The molecule has 2 aromatic carbocycles. The SMILES string of the molecule is CN(C)Cc1ccccc1-c1ccccc1C=O.Cl. The number of carbonyl (C=O) groups is 1. The first-order valence-electron chi connectivity index (χ1n) is 5.99. The molecule has 0 aliphatic heterocycles.